The molecule has 0 aliphatic carbocycles. The Hall–Kier alpha value is -3.25. The number of hydrogen-bond acceptors (Lipinski definition) is 4. The number of halogens is 1. The molecule has 6 heteroatoms. The highest BCUT2D eigenvalue weighted by molar-refractivity contribution is 7.10. The van der Waals surface area contributed by atoms with Gasteiger partial charge in [-0.15, -0.1) is 11.3 Å². The van der Waals surface area contributed by atoms with Crippen LogP contribution in [0.3, 0.4) is 0 Å². The van der Waals surface area contributed by atoms with E-state index in [-0.39, 0.29) is 17.8 Å². The first-order valence-electron chi connectivity index (χ1n) is 9.19. The summed E-state index contributed by atoms with van der Waals surface area (Å²) in [5, 5.41) is 12.4. The van der Waals surface area contributed by atoms with Gasteiger partial charge in [0, 0.05) is 17.0 Å². The van der Waals surface area contributed by atoms with Gasteiger partial charge < -0.3 is 5.11 Å². The van der Waals surface area contributed by atoms with E-state index in [0.29, 0.717) is 12.1 Å². The number of carbonyl (C=O) groups excluding carboxylic acids is 2. The molecule has 2 aromatic carbocycles. The number of amides is 1. The van der Waals surface area contributed by atoms with E-state index < -0.39 is 23.5 Å². The molecule has 0 spiro atoms. The van der Waals surface area contributed by atoms with E-state index in [2.05, 4.69) is 0 Å². The van der Waals surface area contributed by atoms with Crippen LogP contribution in [0.1, 0.15) is 22.9 Å². The van der Waals surface area contributed by atoms with Crippen LogP contribution in [0.15, 0.2) is 83.4 Å². The summed E-state index contributed by atoms with van der Waals surface area (Å²) >= 11 is 1.38. The van der Waals surface area contributed by atoms with E-state index in [1.54, 1.807) is 12.1 Å². The van der Waals surface area contributed by atoms with Crippen molar-refractivity contribution in [3.63, 3.8) is 0 Å². The molecule has 0 saturated heterocycles. The number of nitrogens with zero attached hydrogens (tertiary/aromatic N) is 1. The SMILES string of the molecule is O=C(CCc1ccccc1)C1=C(O)C(=O)N(c2cccc(F)c2)C1c1cccs1. The number of aliphatic hydroxyl groups excluding tert-OH is 1. The average Bonchev–Trinajstić information content (AvgIpc) is 3.34. The maximum absolute atomic E-state index is 13.8. The molecule has 1 aliphatic heterocycles. The Kier molecular flexibility index (Phi) is 5.27. The van der Waals surface area contributed by atoms with Crippen molar-refractivity contribution in [3.05, 3.63) is 99.7 Å². The van der Waals surface area contributed by atoms with Crippen molar-refractivity contribution in [3.8, 4) is 0 Å². The fourth-order valence-corrected chi connectivity index (χ4v) is 4.36. The molecule has 0 bridgehead atoms. The highest BCUT2D eigenvalue weighted by Crippen LogP contribution is 2.42. The first-order valence-corrected chi connectivity index (χ1v) is 10.1. The molecule has 3 aromatic rings. The van der Waals surface area contributed by atoms with Gasteiger partial charge >= 0.3 is 0 Å². The topological polar surface area (TPSA) is 57.6 Å². The van der Waals surface area contributed by atoms with Crippen molar-refractivity contribution >= 4 is 28.7 Å². The monoisotopic (exact) mass is 407 g/mol. The summed E-state index contributed by atoms with van der Waals surface area (Å²) in [7, 11) is 0. The third-order valence-corrected chi connectivity index (χ3v) is 5.82. The predicted octanol–water partition coefficient (Wildman–Crippen LogP) is 4.99. The highest BCUT2D eigenvalue weighted by Gasteiger charge is 2.44. The summed E-state index contributed by atoms with van der Waals surface area (Å²) in [5.74, 6) is -2.05. The summed E-state index contributed by atoms with van der Waals surface area (Å²) in [4.78, 5) is 27.9. The van der Waals surface area contributed by atoms with Crippen LogP contribution in [0.25, 0.3) is 0 Å². The molecule has 0 radical (unpaired) electrons. The number of anilines is 1. The molecule has 29 heavy (non-hydrogen) atoms. The quantitative estimate of drug-likeness (QED) is 0.626. The van der Waals surface area contributed by atoms with Gasteiger partial charge in [0.2, 0.25) is 0 Å². The van der Waals surface area contributed by atoms with Gasteiger partial charge in [0.05, 0.1) is 5.57 Å². The molecule has 0 saturated carbocycles. The Morgan fingerprint density at radius 1 is 1.07 bits per heavy atom. The minimum absolute atomic E-state index is 0.0673. The number of aryl methyl sites for hydroxylation is 1. The van der Waals surface area contributed by atoms with Crippen LogP contribution in [0.2, 0.25) is 0 Å². The number of ketones is 1. The molecular formula is C23H18FNO3S. The summed E-state index contributed by atoms with van der Waals surface area (Å²) in [6, 6.07) is 18.0. The average molecular weight is 407 g/mol. The van der Waals surface area contributed by atoms with Gasteiger partial charge in [-0.3, -0.25) is 14.5 Å². The zero-order valence-corrected chi connectivity index (χ0v) is 16.2. The van der Waals surface area contributed by atoms with Gasteiger partial charge in [0.1, 0.15) is 11.9 Å². The molecular weight excluding hydrogens is 389 g/mol. The van der Waals surface area contributed by atoms with E-state index in [0.717, 1.165) is 10.4 Å². The van der Waals surface area contributed by atoms with E-state index in [1.165, 1.54) is 34.4 Å². The van der Waals surface area contributed by atoms with Crippen molar-refractivity contribution in [2.75, 3.05) is 4.90 Å². The van der Waals surface area contributed by atoms with Crippen LogP contribution in [0.4, 0.5) is 10.1 Å². The standard InChI is InChI=1S/C23H18FNO3S/c24-16-8-4-9-17(14-16)25-21(19-10-5-13-29-19)20(22(27)23(25)28)18(26)12-11-15-6-2-1-3-7-15/h1-10,13-14,21,27H,11-12H2. The van der Waals surface area contributed by atoms with Crippen LogP contribution in [-0.4, -0.2) is 16.8 Å². The fraction of sp³-hybridized carbons (Fsp3) is 0.130. The molecule has 4 nitrogen and oxygen atoms in total. The van der Waals surface area contributed by atoms with Gasteiger partial charge in [-0.05, 0) is 41.6 Å². The Morgan fingerprint density at radius 2 is 1.86 bits per heavy atom. The predicted molar refractivity (Wildman–Crippen MR) is 110 cm³/mol. The lowest BCUT2D eigenvalue weighted by atomic mass is 9.97. The molecule has 1 N–H and O–H groups in total. The smallest absolute Gasteiger partial charge is 0.294 e. The Balaban J connectivity index is 1.69. The zero-order valence-electron chi connectivity index (χ0n) is 15.4. The molecule has 1 atom stereocenters. The van der Waals surface area contributed by atoms with Gasteiger partial charge in [0.25, 0.3) is 5.91 Å². The first-order chi connectivity index (χ1) is 14.1. The first kappa shape index (κ1) is 19.1. The second-order valence-corrected chi connectivity index (χ2v) is 7.72. The fourth-order valence-electron chi connectivity index (χ4n) is 3.54. The number of Topliss-reactive ketones (excluding diaryl/α,β-unsaturated/α-hetero) is 1. The van der Waals surface area contributed by atoms with Crippen molar-refractivity contribution in [2.24, 2.45) is 0 Å². The number of aliphatic hydroxyl groups is 1. The normalized spacial score (nSPS) is 16.5. The number of thiophene rings is 1. The Labute approximate surface area is 171 Å². The third kappa shape index (κ3) is 3.71. The van der Waals surface area contributed by atoms with Gasteiger partial charge in [-0.2, -0.15) is 0 Å². The number of hydrogen-bond donors (Lipinski definition) is 1. The van der Waals surface area contributed by atoms with Gasteiger partial charge in [0.15, 0.2) is 11.5 Å². The molecule has 4 rings (SSSR count). The van der Waals surface area contributed by atoms with Crippen LogP contribution in [0.5, 0.6) is 0 Å². The lowest BCUT2D eigenvalue weighted by Crippen LogP contribution is -2.30. The number of benzene rings is 2. The zero-order chi connectivity index (χ0) is 20.4. The molecule has 1 aromatic heterocycles. The highest BCUT2D eigenvalue weighted by atomic mass is 32.1. The van der Waals surface area contributed by atoms with Crippen molar-refractivity contribution in [1.82, 2.24) is 0 Å². The van der Waals surface area contributed by atoms with E-state index in [4.69, 9.17) is 0 Å². The molecule has 1 amide bonds. The molecule has 1 aliphatic rings. The van der Waals surface area contributed by atoms with E-state index >= 15 is 0 Å². The Morgan fingerprint density at radius 3 is 2.55 bits per heavy atom. The van der Waals surface area contributed by atoms with E-state index in [9.17, 15) is 19.1 Å². The number of carbonyl (C=O) groups is 2. The van der Waals surface area contributed by atoms with Gasteiger partial charge in [-0.1, -0.05) is 42.5 Å². The summed E-state index contributed by atoms with van der Waals surface area (Å²) in [6.45, 7) is 0. The van der Waals surface area contributed by atoms with Crippen molar-refractivity contribution in [1.29, 1.82) is 0 Å². The largest absolute Gasteiger partial charge is 0.503 e. The van der Waals surface area contributed by atoms with Gasteiger partial charge in [-0.25, -0.2) is 4.39 Å². The maximum Gasteiger partial charge on any atom is 0.294 e. The van der Waals surface area contributed by atoms with Crippen molar-refractivity contribution in [2.45, 2.75) is 18.9 Å². The second-order valence-electron chi connectivity index (χ2n) is 6.74. The minimum atomic E-state index is -0.771. The van der Waals surface area contributed by atoms with Crippen LogP contribution < -0.4 is 4.90 Å². The van der Waals surface area contributed by atoms with E-state index in [1.807, 2.05) is 41.8 Å². The molecule has 1 unspecified atom stereocenters. The minimum Gasteiger partial charge on any atom is -0.503 e. The van der Waals surface area contributed by atoms with Crippen LogP contribution in [0, 0.1) is 5.82 Å². The maximum atomic E-state index is 13.8. The Bertz CT molecular complexity index is 1080. The number of rotatable bonds is 6. The lowest BCUT2D eigenvalue weighted by molar-refractivity contribution is -0.118. The summed E-state index contributed by atoms with van der Waals surface area (Å²) in [6.07, 6.45) is 0.664. The second kappa shape index (κ2) is 8.01. The van der Waals surface area contributed by atoms with Crippen LogP contribution in [-0.2, 0) is 16.0 Å². The summed E-state index contributed by atoms with van der Waals surface area (Å²) < 4.78 is 13.8. The molecule has 0 fully saturated rings. The summed E-state index contributed by atoms with van der Waals surface area (Å²) in [5.41, 5.74) is 1.36. The molecule has 146 valence electrons. The third-order valence-electron chi connectivity index (χ3n) is 4.89. The lowest BCUT2D eigenvalue weighted by Gasteiger charge is -2.25. The molecule has 2 heterocycles. The van der Waals surface area contributed by atoms with Crippen molar-refractivity contribution < 1.29 is 19.1 Å². The van der Waals surface area contributed by atoms with Crippen LogP contribution >= 0.6 is 11.3 Å².